The molecule has 1 saturated heterocycles. The highest BCUT2D eigenvalue weighted by atomic mass is 31.2. The van der Waals surface area contributed by atoms with Gasteiger partial charge in [0.1, 0.15) is 24.4 Å². The van der Waals surface area contributed by atoms with Gasteiger partial charge in [0.2, 0.25) is 6.29 Å². The molecule has 0 aliphatic carbocycles. The lowest BCUT2D eigenvalue weighted by atomic mass is 9.99. The van der Waals surface area contributed by atoms with Crippen LogP contribution in [-0.2, 0) is 13.8 Å². The molecule has 0 spiro atoms. The first-order chi connectivity index (χ1) is 11.6. The Morgan fingerprint density at radius 1 is 1.16 bits per heavy atom. The summed E-state index contributed by atoms with van der Waals surface area (Å²) in [5.74, 6) is -0.293. The number of benzene rings is 1. The molecule has 1 fully saturated rings. The zero-order valence-corrected chi connectivity index (χ0v) is 13.3. The highest BCUT2D eigenvalue weighted by Gasteiger charge is 2.45. The average molecular weight is 379 g/mol. The molecule has 0 amide bonds. The molecule has 25 heavy (non-hydrogen) atoms. The topological polar surface area (TPSA) is 195 Å². The lowest BCUT2D eigenvalue weighted by Gasteiger charge is -2.41. The second-order valence-corrected chi connectivity index (χ2v) is 6.25. The Balaban J connectivity index is 2.16. The highest BCUT2D eigenvalue weighted by Crippen LogP contribution is 2.32. The van der Waals surface area contributed by atoms with E-state index in [9.17, 15) is 39.8 Å². The Morgan fingerprint density at radius 3 is 2.40 bits per heavy atom. The molecular weight excluding hydrogens is 365 g/mol. The molecule has 0 bridgehead atoms. The molecule has 13 heteroatoms. The first-order valence-corrected chi connectivity index (χ1v) is 8.32. The van der Waals surface area contributed by atoms with Crippen molar-refractivity contribution >= 4 is 13.5 Å². The molecule has 2 rings (SSSR count). The zero-order chi connectivity index (χ0) is 18.8. The largest absolute Gasteiger partial charge is 0.790 e. The summed E-state index contributed by atoms with van der Waals surface area (Å²) in [7, 11) is -5.37. The number of rotatable bonds is 6. The third-order valence-corrected chi connectivity index (χ3v) is 3.84. The van der Waals surface area contributed by atoms with Crippen molar-refractivity contribution in [1.29, 1.82) is 0 Å². The van der Waals surface area contributed by atoms with Gasteiger partial charge in [0.25, 0.3) is 0 Å². The van der Waals surface area contributed by atoms with Gasteiger partial charge in [-0.15, -0.1) is 0 Å². The minimum Gasteiger partial charge on any atom is -0.790 e. The first kappa shape index (κ1) is 19.7. The number of phosphoric acid groups is 1. The quantitative estimate of drug-likeness (QED) is 0.271. The molecule has 3 N–H and O–H groups in total. The number of nitro groups is 1. The van der Waals surface area contributed by atoms with Gasteiger partial charge in [-0.05, 0) is 6.07 Å². The predicted molar refractivity (Wildman–Crippen MR) is 74.0 cm³/mol. The van der Waals surface area contributed by atoms with E-state index in [1.165, 1.54) is 18.2 Å². The number of nitrogens with zero attached hydrogens (tertiary/aromatic N) is 1. The van der Waals surface area contributed by atoms with Crippen molar-refractivity contribution in [2.45, 2.75) is 30.7 Å². The summed E-state index contributed by atoms with van der Waals surface area (Å²) in [6.45, 7) is -0.939. The lowest BCUT2D eigenvalue weighted by molar-refractivity contribution is -0.387. The summed E-state index contributed by atoms with van der Waals surface area (Å²) in [6, 6.07) is 5.12. The van der Waals surface area contributed by atoms with Crippen LogP contribution in [0.4, 0.5) is 5.69 Å². The van der Waals surface area contributed by atoms with Crippen LogP contribution in [0, 0.1) is 10.1 Å². The summed E-state index contributed by atoms with van der Waals surface area (Å²) < 4.78 is 24.8. The van der Waals surface area contributed by atoms with Crippen molar-refractivity contribution in [3.8, 4) is 5.75 Å². The van der Waals surface area contributed by atoms with Crippen LogP contribution < -0.4 is 14.5 Å². The Kier molecular flexibility index (Phi) is 6.08. The number of nitro benzene ring substituents is 1. The fourth-order valence-corrected chi connectivity index (χ4v) is 2.48. The van der Waals surface area contributed by atoms with Crippen LogP contribution >= 0.6 is 7.82 Å². The maximum Gasteiger partial charge on any atom is 0.311 e. The van der Waals surface area contributed by atoms with Crippen LogP contribution in [-0.4, -0.2) is 57.6 Å². The van der Waals surface area contributed by atoms with Gasteiger partial charge >= 0.3 is 5.69 Å². The Labute approximate surface area is 140 Å². The second kappa shape index (κ2) is 7.72. The van der Waals surface area contributed by atoms with E-state index in [0.717, 1.165) is 6.07 Å². The summed E-state index contributed by atoms with van der Waals surface area (Å²) in [4.78, 5) is 31.2. The van der Waals surface area contributed by atoms with Gasteiger partial charge in [-0.2, -0.15) is 0 Å². The Hall–Kier alpha value is -1.63. The van der Waals surface area contributed by atoms with Crippen molar-refractivity contribution in [3.63, 3.8) is 0 Å². The smallest absolute Gasteiger partial charge is 0.311 e. The number of aliphatic hydroxyl groups excluding tert-OH is 3. The number of phosphoric ester groups is 1. The van der Waals surface area contributed by atoms with E-state index in [0.29, 0.717) is 0 Å². The molecule has 1 aromatic carbocycles. The average Bonchev–Trinajstić information content (AvgIpc) is 2.53. The number of ether oxygens (including phenoxy) is 2. The van der Waals surface area contributed by atoms with E-state index in [4.69, 9.17) is 9.47 Å². The molecule has 5 unspecified atom stereocenters. The molecule has 12 nitrogen and oxygen atoms in total. The van der Waals surface area contributed by atoms with Gasteiger partial charge in [-0.3, -0.25) is 10.1 Å². The van der Waals surface area contributed by atoms with Gasteiger partial charge in [-0.1, -0.05) is 12.1 Å². The zero-order valence-electron chi connectivity index (χ0n) is 12.4. The monoisotopic (exact) mass is 379 g/mol. The standard InChI is InChI=1S/C12H16NO11P/c14-9-8(5-22-25(19,20)21)24-12(11(16)10(9)15)23-7-4-2-1-3-6(7)13(17)18/h1-4,8-12,14-16H,5H2,(H2,19,20,21)/p-2. The van der Waals surface area contributed by atoms with Gasteiger partial charge in [0, 0.05) is 6.07 Å². The Morgan fingerprint density at radius 2 is 1.80 bits per heavy atom. The van der Waals surface area contributed by atoms with Crippen molar-refractivity contribution in [2.75, 3.05) is 6.61 Å². The van der Waals surface area contributed by atoms with Gasteiger partial charge in [0.15, 0.2) is 5.75 Å². The molecular formula is C12H14NO11P-2. The summed E-state index contributed by atoms with van der Waals surface area (Å²) >= 11 is 0. The maximum atomic E-state index is 11.0. The third-order valence-electron chi connectivity index (χ3n) is 3.37. The number of para-hydroxylation sites is 2. The third kappa shape index (κ3) is 4.93. The molecule has 0 radical (unpaired) electrons. The summed E-state index contributed by atoms with van der Waals surface area (Å²) in [5.41, 5.74) is -0.449. The number of aliphatic hydroxyl groups is 3. The van der Waals surface area contributed by atoms with Crippen molar-refractivity contribution in [3.05, 3.63) is 34.4 Å². The van der Waals surface area contributed by atoms with Gasteiger partial charge < -0.3 is 43.7 Å². The van der Waals surface area contributed by atoms with Crippen molar-refractivity contribution < 1.29 is 48.6 Å². The second-order valence-electron chi connectivity index (χ2n) is 5.10. The van der Waals surface area contributed by atoms with Crippen LogP contribution in [0.25, 0.3) is 0 Å². The molecule has 0 saturated carbocycles. The molecule has 1 aliphatic rings. The van der Waals surface area contributed by atoms with E-state index in [-0.39, 0.29) is 5.75 Å². The molecule has 1 aliphatic heterocycles. The minimum atomic E-state index is -5.37. The lowest BCUT2D eigenvalue weighted by Crippen LogP contribution is -2.60. The predicted octanol–water partition coefficient (Wildman–Crippen LogP) is -2.37. The molecule has 1 aromatic rings. The van der Waals surface area contributed by atoms with Crippen LogP contribution in [0.2, 0.25) is 0 Å². The fraction of sp³-hybridized carbons (Fsp3) is 0.500. The van der Waals surface area contributed by atoms with E-state index >= 15 is 0 Å². The molecule has 5 atom stereocenters. The van der Waals surface area contributed by atoms with E-state index in [1.807, 2.05) is 0 Å². The molecule has 140 valence electrons. The highest BCUT2D eigenvalue weighted by molar-refractivity contribution is 7.43. The summed E-state index contributed by atoms with van der Waals surface area (Å²) in [6.07, 6.45) is -8.66. The van der Waals surface area contributed by atoms with Crippen LogP contribution in [0.5, 0.6) is 5.75 Å². The SMILES string of the molecule is O=[N+]([O-])c1ccccc1OC1OC(COP(=O)([O-])[O-])C(O)C(O)C1O. The Bertz CT molecular complexity index is 664. The number of hydrogen-bond donors (Lipinski definition) is 3. The molecule has 1 heterocycles. The fourth-order valence-electron chi connectivity index (χ4n) is 2.15. The molecule has 0 aromatic heterocycles. The maximum absolute atomic E-state index is 11.0. The first-order valence-electron chi connectivity index (χ1n) is 6.86. The van der Waals surface area contributed by atoms with E-state index in [1.54, 1.807) is 0 Å². The van der Waals surface area contributed by atoms with Crippen LogP contribution in [0.15, 0.2) is 24.3 Å². The van der Waals surface area contributed by atoms with E-state index in [2.05, 4.69) is 4.52 Å². The summed E-state index contributed by atoms with van der Waals surface area (Å²) in [5, 5.41) is 40.4. The number of hydrogen-bond acceptors (Lipinski definition) is 11. The van der Waals surface area contributed by atoms with Crippen molar-refractivity contribution in [1.82, 2.24) is 0 Å². The van der Waals surface area contributed by atoms with E-state index < -0.39 is 55.7 Å². The van der Waals surface area contributed by atoms with Crippen LogP contribution in [0.1, 0.15) is 0 Å². The van der Waals surface area contributed by atoms with Crippen molar-refractivity contribution in [2.24, 2.45) is 0 Å². The van der Waals surface area contributed by atoms with Crippen LogP contribution in [0.3, 0.4) is 0 Å². The van der Waals surface area contributed by atoms with Gasteiger partial charge in [-0.25, -0.2) is 0 Å². The normalized spacial score (nSPS) is 30.0. The van der Waals surface area contributed by atoms with Gasteiger partial charge in [0.05, 0.1) is 19.4 Å². The minimum absolute atomic E-state index is 0.293.